The van der Waals surface area contributed by atoms with Gasteiger partial charge in [0.25, 0.3) is 5.69 Å². The number of benzene rings is 1. The van der Waals surface area contributed by atoms with Gasteiger partial charge in [0.05, 0.1) is 11.3 Å². The molecule has 1 aromatic rings. The van der Waals surface area contributed by atoms with Crippen molar-refractivity contribution in [2.75, 3.05) is 6.54 Å². The van der Waals surface area contributed by atoms with Crippen LogP contribution >= 0.6 is 0 Å². The topological polar surface area (TPSA) is 101 Å². The molecule has 1 aromatic carbocycles. The number of hydrogen-bond donors (Lipinski definition) is 1. The highest BCUT2D eigenvalue weighted by Gasteiger charge is 2.31. The van der Waals surface area contributed by atoms with Crippen LogP contribution in [-0.4, -0.2) is 39.4 Å². The smallest absolute Gasteiger partial charge is 0.326 e. The van der Waals surface area contributed by atoms with Crippen LogP contribution in [0.25, 0.3) is 0 Å². The van der Waals surface area contributed by atoms with Crippen molar-refractivity contribution >= 4 is 17.6 Å². The molecule has 1 fully saturated rings. The molecule has 1 N–H and O–H groups in total. The fourth-order valence-electron chi connectivity index (χ4n) is 2.54. The van der Waals surface area contributed by atoms with E-state index in [9.17, 15) is 19.7 Å². The van der Waals surface area contributed by atoms with Crippen LogP contribution < -0.4 is 0 Å². The number of likely N-dealkylation sites (tertiary alicyclic amines) is 1. The summed E-state index contributed by atoms with van der Waals surface area (Å²) in [5.41, 5.74) is 0.442. The van der Waals surface area contributed by atoms with Crippen LogP contribution in [0.5, 0.6) is 0 Å². The van der Waals surface area contributed by atoms with Crippen molar-refractivity contribution in [3.8, 4) is 0 Å². The monoisotopic (exact) mass is 292 g/mol. The second kappa shape index (κ2) is 6.34. The molecule has 0 unspecified atom stereocenters. The van der Waals surface area contributed by atoms with E-state index in [4.69, 9.17) is 5.11 Å². The minimum atomic E-state index is -0.998. The van der Waals surface area contributed by atoms with Crippen molar-refractivity contribution in [1.82, 2.24) is 4.90 Å². The molecular formula is C14H16N2O5. The number of hydrogen-bond acceptors (Lipinski definition) is 4. The van der Waals surface area contributed by atoms with Gasteiger partial charge in [-0.05, 0) is 24.8 Å². The zero-order valence-corrected chi connectivity index (χ0v) is 11.4. The third kappa shape index (κ3) is 3.56. The van der Waals surface area contributed by atoms with Gasteiger partial charge in [-0.2, -0.15) is 0 Å². The van der Waals surface area contributed by atoms with E-state index < -0.39 is 16.9 Å². The maximum atomic E-state index is 12.3. The van der Waals surface area contributed by atoms with E-state index in [0.29, 0.717) is 18.5 Å². The molecule has 1 aliphatic heterocycles. The summed E-state index contributed by atoms with van der Waals surface area (Å²) in [6.45, 7) is 0.421. The number of non-ortho nitro benzene ring substituents is 1. The van der Waals surface area contributed by atoms with Crippen molar-refractivity contribution in [2.24, 2.45) is 0 Å². The lowest BCUT2D eigenvalue weighted by molar-refractivity contribution is -0.384. The maximum Gasteiger partial charge on any atom is 0.326 e. The molecule has 0 bridgehead atoms. The highest BCUT2D eigenvalue weighted by Crippen LogP contribution is 2.20. The van der Waals surface area contributed by atoms with E-state index in [1.54, 1.807) is 6.07 Å². The second-order valence-electron chi connectivity index (χ2n) is 5.04. The third-order valence-electron chi connectivity index (χ3n) is 3.58. The predicted molar refractivity (Wildman–Crippen MR) is 73.8 cm³/mol. The first kappa shape index (κ1) is 15.0. The molecule has 0 radical (unpaired) electrons. The number of amides is 1. The molecular weight excluding hydrogens is 276 g/mol. The first-order chi connectivity index (χ1) is 9.99. The van der Waals surface area contributed by atoms with Gasteiger partial charge in [-0.1, -0.05) is 12.1 Å². The molecule has 112 valence electrons. The standard InChI is InChI=1S/C14H16N2O5/c17-13(15-7-2-1-6-12(15)14(18)19)9-10-4-3-5-11(8-10)16(20)21/h3-5,8,12H,1-2,6-7,9H2,(H,18,19)/t12-/m1/s1. The number of nitro benzene ring substituents is 1. The zero-order chi connectivity index (χ0) is 15.4. The molecule has 7 nitrogen and oxygen atoms in total. The van der Waals surface area contributed by atoms with Gasteiger partial charge in [0, 0.05) is 18.7 Å². The van der Waals surface area contributed by atoms with Gasteiger partial charge in [0.2, 0.25) is 5.91 Å². The lowest BCUT2D eigenvalue weighted by atomic mass is 10.0. The lowest BCUT2D eigenvalue weighted by Gasteiger charge is -2.33. The highest BCUT2D eigenvalue weighted by atomic mass is 16.6. The zero-order valence-electron chi connectivity index (χ0n) is 11.4. The van der Waals surface area contributed by atoms with Crippen molar-refractivity contribution < 1.29 is 19.6 Å². The Bertz CT molecular complexity index is 572. The minimum absolute atomic E-state index is 0.0224. The molecule has 0 spiro atoms. The maximum absolute atomic E-state index is 12.3. The Morgan fingerprint density at radius 2 is 2.14 bits per heavy atom. The van der Waals surface area contributed by atoms with Crippen LogP contribution in [0.1, 0.15) is 24.8 Å². The minimum Gasteiger partial charge on any atom is -0.480 e. The predicted octanol–water partition coefficient (Wildman–Crippen LogP) is 1.60. The van der Waals surface area contributed by atoms with Gasteiger partial charge in [-0.3, -0.25) is 14.9 Å². The summed E-state index contributed by atoms with van der Waals surface area (Å²) in [5.74, 6) is -1.30. The molecule has 1 saturated heterocycles. The molecule has 1 amide bonds. The summed E-state index contributed by atoms with van der Waals surface area (Å²) >= 11 is 0. The van der Waals surface area contributed by atoms with Crippen LogP contribution in [0, 0.1) is 10.1 Å². The number of aliphatic carboxylic acids is 1. The average Bonchev–Trinajstić information content (AvgIpc) is 2.47. The Kier molecular flexibility index (Phi) is 4.52. The molecule has 1 atom stereocenters. The van der Waals surface area contributed by atoms with E-state index in [-0.39, 0.29) is 18.0 Å². The summed E-state index contributed by atoms with van der Waals surface area (Å²) in [4.78, 5) is 35.0. The Labute approximate surface area is 121 Å². The van der Waals surface area contributed by atoms with Crippen molar-refractivity contribution in [3.63, 3.8) is 0 Å². The van der Waals surface area contributed by atoms with Gasteiger partial charge >= 0.3 is 5.97 Å². The number of carboxylic acids is 1. The first-order valence-electron chi connectivity index (χ1n) is 6.74. The van der Waals surface area contributed by atoms with Crippen molar-refractivity contribution in [3.05, 3.63) is 39.9 Å². The quantitative estimate of drug-likeness (QED) is 0.671. The number of carbonyl (C=O) groups excluding carboxylic acids is 1. The SMILES string of the molecule is O=C(O)[C@H]1CCCCN1C(=O)Cc1cccc([N+](=O)[O-])c1. The third-order valence-corrected chi connectivity index (χ3v) is 3.58. The molecule has 7 heteroatoms. The summed E-state index contributed by atoms with van der Waals surface area (Å²) in [7, 11) is 0. The van der Waals surface area contributed by atoms with Crippen LogP contribution in [0.15, 0.2) is 24.3 Å². The molecule has 0 aromatic heterocycles. The summed E-state index contributed by atoms with van der Waals surface area (Å²) < 4.78 is 0. The van der Waals surface area contributed by atoms with Crippen LogP contribution in [0.3, 0.4) is 0 Å². The van der Waals surface area contributed by atoms with E-state index >= 15 is 0 Å². The summed E-state index contributed by atoms with van der Waals surface area (Å²) in [5, 5.41) is 19.9. The number of rotatable bonds is 4. The van der Waals surface area contributed by atoms with Crippen molar-refractivity contribution in [1.29, 1.82) is 0 Å². The lowest BCUT2D eigenvalue weighted by Crippen LogP contribution is -2.48. The summed E-state index contributed by atoms with van der Waals surface area (Å²) in [6.07, 6.45) is 2.00. The average molecular weight is 292 g/mol. The van der Waals surface area contributed by atoms with Crippen LogP contribution in [0.4, 0.5) is 5.69 Å². The fraction of sp³-hybridized carbons (Fsp3) is 0.429. The number of carboxylic acid groups (broad SMARTS) is 1. The Morgan fingerprint density at radius 1 is 1.38 bits per heavy atom. The Morgan fingerprint density at radius 3 is 2.81 bits per heavy atom. The largest absolute Gasteiger partial charge is 0.480 e. The number of nitro groups is 1. The number of carbonyl (C=O) groups is 2. The van der Waals surface area contributed by atoms with E-state index in [1.165, 1.54) is 23.1 Å². The molecule has 2 rings (SSSR count). The van der Waals surface area contributed by atoms with Gasteiger partial charge in [-0.25, -0.2) is 4.79 Å². The van der Waals surface area contributed by atoms with E-state index in [2.05, 4.69) is 0 Å². The molecule has 0 saturated carbocycles. The van der Waals surface area contributed by atoms with Crippen LogP contribution in [-0.2, 0) is 16.0 Å². The van der Waals surface area contributed by atoms with Crippen molar-refractivity contribution in [2.45, 2.75) is 31.7 Å². The first-order valence-corrected chi connectivity index (χ1v) is 6.74. The molecule has 21 heavy (non-hydrogen) atoms. The van der Waals surface area contributed by atoms with E-state index in [1.807, 2.05) is 0 Å². The summed E-state index contributed by atoms with van der Waals surface area (Å²) in [6, 6.07) is 5.06. The van der Waals surface area contributed by atoms with Gasteiger partial charge in [-0.15, -0.1) is 0 Å². The fourth-order valence-corrected chi connectivity index (χ4v) is 2.54. The Hall–Kier alpha value is -2.44. The number of nitrogens with zero attached hydrogens (tertiary/aromatic N) is 2. The molecule has 1 heterocycles. The normalized spacial score (nSPS) is 18.3. The Balaban J connectivity index is 2.11. The van der Waals surface area contributed by atoms with Gasteiger partial charge in [0.15, 0.2) is 0 Å². The second-order valence-corrected chi connectivity index (χ2v) is 5.04. The highest BCUT2D eigenvalue weighted by molar-refractivity contribution is 5.85. The van der Waals surface area contributed by atoms with Crippen LogP contribution in [0.2, 0.25) is 0 Å². The van der Waals surface area contributed by atoms with Gasteiger partial charge in [0.1, 0.15) is 6.04 Å². The van der Waals surface area contributed by atoms with E-state index in [0.717, 1.165) is 12.8 Å². The van der Waals surface area contributed by atoms with Gasteiger partial charge < -0.3 is 10.0 Å². The molecule has 0 aliphatic carbocycles. The number of piperidine rings is 1. The molecule has 1 aliphatic rings.